The highest BCUT2D eigenvalue weighted by atomic mass is 15.3. The van der Waals surface area contributed by atoms with Gasteiger partial charge in [-0.15, -0.1) is 0 Å². The van der Waals surface area contributed by atoms with E-state index >= 15 is 0 Å². The van der Waals surface area contributed by atoms with Gasteiger partial charge < -0.3 is 0 Å². The average molecular weight is 122 g/mol. The zero-order valence-electron chi connectivity index (χ0n) is 5.92. The van der Waals surface area contributed by atoms with Crippen molar-refractivity contribution in [2.45, 2.75) is 13.7 Å². The van der Waals surface area contributed by atoms with Crippen LogP contribution in [0.5, 0.6) is 0 Å². The summed E-state index contributed by atoms with van der Waals surface area (Å²) >= 11 is 0. The molecule has 0 fully saturated rings. The molecule has 0 N–H and O–H groups in total. The Bertz CT molecular complexity index is 206. The summed E-state index contributed by atoms with van der Waals surface area (Å²) in [7, 11) is 3.81. The zero-order valence-corrected chi connectivity index (χ0v) is 5.92. The zero-order chi connectivity index (χ0) is 6.85. The molecular weight excluding hydrogens is 113 g/mol. The number of aromatic nitrogens is 3. The minimum absolute atomic E-state index is 0.825. The molecule has 3 nitrogen and oxygen atoms in total. The summed E-state index contributed by atoms with van der Waals surface area (Å²) in [5.41, 5.74) is 0.924. The van der Waals surface area contributed by atoms with Gasteiger partial charge in [-0.05, 0) is 6.92 Å². The third kappa shape index (κ3) is 1.12. The Morgan fingerprint density at radius 2 is 2.22 bits per heavy atom. The largest absolute Gasteiger partial charge is 0.263 e. The summed E-state index contributed by atoms with van der Waals surface area (Å²) in [6, 6.07) is 0. The minimum Gasteiger partial charge on any atom is -0.263 e. The summed E-state index contributed by atoms with van der Waals surface area (Å²) < 4.78 is 1.76. The van der Waals surface area contributed by atoms with Crippen molar-refractivity contribution in [3.05, 3.63) is 5.82 Å². The number of rotatable bonds is 1. The maximum absolute atomic E-state index is 4.12. The van der Waals surface area contributed by atoms with Crippen molar-refractivity contribution in [3.63, 3.8) is 0 Å². The molecule has 4 heteroatoms. The molecule has 1 heterocycles. The van der Waals surface area contributed by atoms with E-state index in [-0.39, 0.29) is 0 Å². The van der Waals surface area contributed by atoms with Crippen molar-refractivity contribution >= 4 is 13.0 Å². The fourth-order valence-electron chi connectivity index (χ4n) is 0.780. The van der Waals surface area contributed by atoms with Gasteiger partial charge in [-0.1, -0.05) is 6.82 Å². The van der Waals surface area contributed by atoms with Crippen molar-refractivity contribution in [3.8, 4) is 0 Å². The Labute approximate surface area is 55.3 Å². The van der Waals surface area contributed by atoms with Gasteiger partial charge in [0.1, 0.15) is 5.82 Å². The molecule has 1 radical (unpaired) electrons. The maximum atomic E-state index is 4.12. The Balaban J connectivity index is 3.01. The molecule has 0 aliphatic heterocycles. The van der Waals surface area contributed by atoms with Gasteiger partial charge in [-0.2, -0.15) is 5.10 Å². The van der Waals surface area contributed by atoms with Gasteiger partial charge in [0.25, 0.3) is 0 Å². The van der Waals surface area contributed by atoms with Crippen LogP contribution < -0.4 is 5.72 Å². The third-order valence-corrected chi connectivity index (χ3v) is 1.16. The molecule has 0 amide bonds. The first-order valence-corrected chi connectivity index (χ1v) is 2.91. The lowest BCUT2D eigenvalue weighted by Crippen LogP contribution is -2.22. The second-order valence-corrected chi connectivity index (χ2v) is 1.93. The summed E-state index contributed by atoms with van der Waals surface area (Å²) in [6.07, 6.45) is 0. The van der Waals surface area contributed by atoms with Crippen LogP contribution in [0.2, 0.25) is 6.82 Å². The summed E-state index contributed by atoms with van der Waals surface area (Å²) in [6.45, 7) is 3.83. The topological polar surface area (TPSA) is 30.7 Å². The highest BCUT2D eigenvalue weighted by Crippen LogP contribution is 1.78. The molecule has 0 saturated heterocycles. The molecule has 0 bridgehead atoms. The third-order valence-electron chi connectivity index (χ3n) is 1.16. The normalized spacial score (nSPS) is 9.67. The van der Waals surface area contributed by atoms with Gasteiger partial charge in [-0.3, -0.25) is 4.68 Å². The van der Waals surface area contributed by atoms with E-state index in [0.717, 1.165) is 11.5 Å². The van der Waals surface area contributed by atoms with E-state index in [1.165, 1.54) is 0 Å². The van der Waals surface area contributed by atoms with Crippen LogP contribution in [0.3, 0.4) is 0 Å². The van der Waals surface area contributed by atoms with Gasteiger partial charge in [0.05, 0.1) is 5.72 Å². The lowest BCUT2D eigenvalue weighted by Gasteiger charge is -1.89. The fourth-order valence-corrected chi connectivity index (χ4v) is 0.780. The standard InChI is InChI=1S/C5H9BN3/c1-4-7-5(6-2)9(3)8-4/h1-3H3. The van der Waals surface area contributed by atoms with E-state index in [0.29, 0.717) is 0 Å². The Morgan fingerprint density at radius 3 is 2.44 bits per heavy atom. The first kappa shape index (κ1) is 6.33. The predicted octanol–water partition coefficient (Wildman–Crippen LogP) is -0.499. The van der Waals surface area contributed by atoms with Gasteiger partial charge in [0.15, 0.2) is 0 Å². The number of aryl methyl sites for hydroxylation is 2. The van der Waals surface area contributed by atoms with E-state index < -0.39 is 0 Å². The van der Waals surface area contributed by atoms with Crippen molar-refractivity contribution in [2.75, 3.05) is 0 Å². The molecular formula is C5H9BN3. The molecule has 0 spiro atoms. The van der Waals surface area contributed by atoms with Crippen LogP contribution in [0.25, 0.3) is 0 Å². The molecule has 1 rings (SSSR count). The Kier molecular flexibility index (Phi) is 1.55. The van der Waals surface area contributed by atoms with Crippen molar-refractivity contribution in [1.29, 1.82) is 0 Å². The Morgan fingerprint density at radius 1 is 1.56 bits per heavy atom. The van der Waals surface area contributed by atoms with E-state index in [9.17, 15) is 0 Å². The number of hydrogen-bond donors (Lipinski definition) is 0. The molecule has 1 aromatic rings. The first-order chi connectivity index (χ1) is 4.24. The highest BCUT2D eigenvalue weighted by molar-refractivity contribution is 6.49. The molecule has 0 aliphatic rings. The lowest BCUT2D eigenvalue weighted by molar-refractivity contribution is 0.776. The van der Waals surface area contributed by atoms with Crippen LogP contribution >= 0.6 is 0 Å². The van der Waals surface area contributed by atoms with Crippen LogP contribution in [0, 0.1) is 6.92 Å². The minimum atomic E-state index is 0.825. The molecule has 0 atom stereocenters. The van der Waals surface area contributed by atoms with Crippen LogP contribution in [0.1, 0.15) is 5.82 Å². The average Bonchev–Trinajstić information content (AvgIpc) is 2.10. The quantitative estimate of drug-likeness (QED) is 0.470. The van der Waals surface area contributed by atoms with Gasteiger partial charge >= 0.3 is 0 Å². The predicted molar refractivity (Wildman–Crippen MR) is 37.0 cm³/mol. The van der Waals surface area contributed by atoms with E-state index in [2.05, 4.69) is 10.1 Å². The molecule has 0 aliphatic carbocycles. The summed E-state index contributed by atoms with van der Waals surface area (Å²) in [4.78, 5) is 4.12. The van der Waals surface area contributed by atoms with Crippen molar-refractivity contribution < 1.29 is 0 Å². The van der Waals surface area contributed by atoms with E-state index in [1.54, 1.807) is 4.68 Å². The maximum Gasteiger partial charge on any atom is 0.200 e. The molecule has 0 aromatic carbocycles. The van der Waals surface area contributed by atoms with Crippen LogP contribution in [-0.4, -0.2) is 22.0 Å². The van der Waals surface area contributed by atoms with Crippen molar-refractivity contribution in [2.24, 2.45) is 7.05 Å². The number of nitrogens with zero attached hydrogens (tertiary/aromatic N) is 3. The van der Waals surface area contributed by atoms with E-state index in [4.69, 9.17) is 0 Å². The van der Waals surface area contributed by atoms with Gasteiger partial charge in [0, 0.05) is 7.05 Å². The molecule has 9 heavy (non-hydrogen) atoms. The molecule has 1 aromatic heterocycles. The molecule has 0 unspecified atom stereocenters. The number of hydrogen-bond acceptors (Lipinski definition) is 2. The molecule has 47 valence electrons. The van der Waals surface area contributed by atoms with Crippen LogP contribution in [-0.2, 0) is 7.05 Å². The molecule has 0 saturated carbocycles. The van der Waals surface area contributed by atoms with E-state index in [1.807, 2.05) is 28.1 Å². The summed E-state index contributed by atoms with van der Waals surface area (Å²) in [5.74, 6) is 0.825. The van der Waals surface area contributed by atoms with Gasteiger partial charge in [-0.25, -0.2) is 4.98 Å². The van der Waals surface area contributed by atoms with Gasteiger partial charge in [0.2, 0.25) is 7.28 Å². The van der Waals surface area contributed by atoms with Crippen LogP contribution in [0.15, 0.2) is 0 Å². The highest BCUT2D eigenvalue weighted by Gasteiger charge is 1.98. The second kappa shape index (κ2) is 2.21. The lowest BCUT2D eigenvalue weighted by atomic mass is 9.81. The van der Waals surface area contributed by atoms with Crippen molar-refractivity contribution in [1.82, 2.24) is 14.8 Å². The fraction of sp³-hybridized carbons (Fsp3) is 0.600. The SMILES string of the molecule is C[B]c1nc(C)nn1C. The van der Waals surface area contributed by atoms with Crippen LogP contribution in [0.4, 0.5) is 0 Å². The smallest absolute Gasteiger partial charge is 0.200 e. The first-order valence-electron chi connectivity index (χ1n) is 2.91. The second-order valence-electron chi connectivity index (χ2n) is 1.93. The Hall–Kier alpha value is -0.795. The monoisotopic (exact) mass is 122 g/mol. The summed E-state index contributed by atoms with van der Waals surface area (Å²) in [5, 5.41) is 4.06.